The molecule has 2 aromatic heterocycles. The van der Waals surface area contributed by atoms with E-state index in [2.05, 4.69) is 25.1 Å². The molecule has 0 saturated heterocycles. The standard InChI is InChI=1S/C13H17N5O3/c1-7(2)9(12(20)21-4)15-11(19)10-16-13-14-6-5-8(3)18(13)17-10/h5-7,9H,1-4H3,(H,15,19). The number of aryl methyl sites for hydroxylation is 1. The molecule has 21 heavy (non-hydrogen) atoms. The number of ether oxygens (including phenoxy) is 1. The van der Waals surface area contributed by atoms with Gasteiger partial charge in [-0.2, -0.15) is 4.98 Å². The summed E-state index contributed by atoms with van der Waals surface area (Å²) >= 11 is 0. The highest BCUT2D eigenvalue weighted by Gasteiger charge is 2.27. The van der Waals surface area contributed by atoms with Crippen molar-refractivity contribution in [2.75, 3.05) is 7.11 Å². The number of carbonyl (C=O) groups excluding carboxylic acids is 2. The first-order valence-electron chi connectivity index (χ1n) is 6.51. The van der Waals surface area contributed by atoms with Crippen LogP contribution in [0.5, 0.6) is 0 Å². The van der Waals surface area contributed by atoms with Crippen LogP contribution in [0.25, 0.3) is 5.78 Å². The van der Waals surface area contributed by atoms with E-state index in [1.54, 1.807) is 12.3 Å². The highest BCUT2D eigenvalue weighted by molar-refractivity contribution is 5.94. The highest BCUT2D eigenvalue weighted by Crippen LogP contribution is 2.06. The van der Waals surface area contributed by atoms with E-state index >= 15 is 0 Å². The molecule has 2 heterocycles. The lowest BCUT2D eigenvalue weighted by Gasteiger charge is -2.18. The Morgan fingerprint density at radius 3 is 2.67 bits per heavy atom. The predicted molar refractivity (Wildman–Crippen MR) is 73.6 cm³/mol. The van der Waals surface area contributed by atoms with Gasteiger partial charge in [-0.15, -0.1) is 5.10 Å². The molecule has 0 radical (unpaired) electrons. The van der Waals surface area contributed by atoms with Gasteiger partial charge >= 0.3 is 5.97 Å². The molecule has 0 aromatic carbocycles. The number of methoxy groups -OCH3 is 1. The molecule has 112 valence electrons. The Labute approximate surface area is 121 Å². The van der Waals surface area contributed by atoms with E-state index in [0.29, 0.717) is 5.78 Å². The van der Waals surface area contributed by atoms with Crippen LogP contribution in [0.15, 0.2) is 12.3 Å². The second-order valence-corrected chi connectivity index (χ2v) is 4.95. The lowest BCUT2D eigenvalue weighted by molar-refractivity contribution is -0.144. The van der Waals surface area contributed by atoms with Gasteiger partial charge in [-0.25, -0.2) is 14.3 Å². The molecular formula is C13H17N5O3. The van der Waals surface area contributed by atoms with Gasteiger partial charge in [-0.05, 0) is 18.9 Å². The van der Waals surface area contributed by atoms with Crippen molar-refractivity contribution < 1.29 is 14.3 Å². The van der Waals surface area contributed by atoms with Crippen molar-refractivity contribution in [1.29, 1.82) is 0 Å². The lowest BCUT2D eigenvalue weighted by Crippen LogP contribution is -2.45. The first-order chi connectivity index (χ1) is 9.93. The van der Waals surface area contributed by atoms with Gasteiger partial charge in [-0.1, -0.05) is 13.8 Å². The minimum absolute atomic E-state index is 0.0358. The maximum absolute atomic E-state index is 12.2. The molecule has 0 saturated carbocycles. The lowest BCUT2D eigenvalue weighted by atomic mass is 10.0. The Kier molecular flexibility index (Phi) is 4.15. The number of rotatable bonds is 4. The molecule has 1 amide bonds. The fourth-order valence-electron chi connectivity index (χ4n) is 1.83. The van der Waals surface area contributed by atoms with Crippen molar-refractivity contribution in [3.63, 3.8) is 0 Å². The van der Waals surface area contributed by atoms with E-state index in [1.165, 1.54) is 11.6 Å². The molecule has 2 rings (SSSR count). The maximum Gasteiger partial charge on any atom is 0.328 e. The predicted octanol–water partition coefficient (Wildman–Crippen LogP) is 0.360. The topological polar surface area (TPSA) is 98.5 Å². The van der Waals surface area contributed by atoms with E-state index in [9.17, 15) is 9.59 Å². The average Bonchev–Trinajstić information content (AvgIpc) is 2.89. The zero-order valence-corrected chi connectivity index (χ0v) is 12.3. The molecule has 1 N–H and O–H groups in total. The number of nitrogens with one attached hydrogen (secondary N) is 1. The summed E-state index contributed by atoms with van der Waals surface area (Å²) in [4.78, 5) is 31.9. The molecule has 0 aliphatic carbocycles. The molecule has 0 spiro atoms. The van der Waals surface area contributed by atoms with Gasteiger partial charge in [0.2, 0.25) is 5.82 Å². The number of fused-ring (bicyclic) bond motifs is 1. The second kappa shape index (κ2) is 5.86. The summed E-state index contributed by atoms with van der Waals surface area (Å²) in [6.07, 6.45) is 1.59. The number of hydrogen-bond acceptors (Lipinski definition) is 6. The van der Waals surface area contributed by atoms with Crippen LogP contribution < -0.4 is 5.32 Å². The smallest absolute Gasteiger partial charge is 0.328 e. The molecule has 8 heteroatoms. The summed E-state index contributed by atoms with van der Waals surface area (Å²) in [6, 6.07) is 1.01. The molecular weight excluding hydrogens is 274 g/mol. The van der Waals surface area contributed by atoms with Gasteiger partial charge in [0.1, 0.15) is 6.04 Å². The second-order valence-electron chi connectivity index (χ2n) is 4.95. The summed E-state index contributed by atoms with van der Waals surface area (Å²) in [5.74, 6) is -0.857. The van der Waals surface area contributed by atoms with Crippen LogP contribution in [0.3, 0.4) is 0 Å². The van der Waals surface area contributed by atoms with E-state index in [1.807, 2.05) is 20.8 Å². The summed E-state index contributed by atoms with van der Waals surface area (Å²) in [5, 5.41) is 6.67. The van der Waals surface area contributed by atoms with Crippen molar-refractivity contribution in [1.82, 2.24) is 24.9 Å². The molecule has 1 atom stereocenters. The van der Waals surface area contributed by atoms with Crippen molar-refractivity contribution in [3.05, 3.63) is 23.8 Å². The van der Waals surface area contributed by atoms with Crippen LogP contribution in [0.2, 0.25) is 0 Å². The van der Waals surface area contributed by atoms with Crippen molar-refractivity contribution in [2.45, 2.75) is 26.8 Å². The first kappa shape index (κ1) is 14.9. The zero-order valence-electron chi connectivity index (χ0n) is 12.3. The largest absolute Gasteiger partial charge is 0.467 e. The minimum Gasteiger partial charge on any atom is -0.467 e. The van der Waals surface area contributed by atoms with Crippen LogP contribution in [0.4, 0.5) is 0 Å². The van der Waals surface area contributed by atoms with Gasteiger partial charge in [-0.3, -0.25) is 4.79 Å². The van der Waals surface area contributed by atoms with Crippen LogP contribution in [0.1, 0.15) is 30.2 Å². The molecule has 1 unspecified atom stereocenters. The summed E-state index contributed by atoms with van der Waals surface area (Å²) in [6.45, 7) is 5.45. The third-order valence-corrected chi connectivity index (χ3v) is 3.04. The average molecular weight is 291 g/mol. The maximum atomic E-state index is 12.2. The Morgan fingerprint density at radius 1 is 1.38 bits per heavy atom. The third kappa shape index (κ3) is 2.99. The number of carbonyl (C=O) groups is 2. The summed E-state index contributed by atoms with van der Waals surface area (Å²) in [7, 11) is 1.28. The van der Waals surface area contributed by atoms with Crippen molar-refractivity contribution in [3.8, 4) is 0 Å². The van der Waals surface area contributed by atoms with E-state index in [-0.39, 0.29) is 11.7 Å². The molecule has 2 aromatic rings. The number of esters is 1. The van der Waals surface area contributed by atoms with Gasteiger partial charge in [0.05, 0.1) is 7.11 Å². The minimum atomic E-state index is -0.747. The van der Waals surface area contributed by atoms with Gasteiger partial charge in [0.15, 0.2) is 0 Å². The SMILES string of the molecule is COC(=O)C(NC(=O)c1nc2nccc(C)n2n1)C(C)C. The molecule has 0 bridgehead atoms. The fourth-order valence-corrected chi connectivity index (χ4v) is 1.83. The number of hydrogen-bond donors (Lipinski definition) is 1. The summed E-state index contributed by atoms with van der Waals surface area (Å²) in [5.41, 5.74) is 0.805. The number of amides is 1. The van der Waals surface area contributed by atoms with E-state index in [0.717, 1.165) is 5.69 Å². The molecule has 0 aliphatic heterocycles. The Balaban J connectivity index is 2.25. The van der Waals surface area contributed by atoms with Crippen LogP contribution >= 0.6 is 0 Å². The Morgan fingerprint density at radius 2 is 2.10 bits per heavy atom. The van der Waals surface area contributed by atoms with Crippen molar-refractivity contribution in [2.24, 2.45) is 5.92 Å². The molecule has 0 aliphatic rings. The first-order valence-corrected chi connectivity index (χ1v) is 6.51. The summed E-state index contributed by atoms with van der Waals surface area (Å²) < 4.78 is 6.15. The van der Waals surface area contributed by atoms with Gasteiger partial charge in [0.25, 0.3) is 11.7 Å². The highest BCUT2D eigenvalue weighted by atomic mass is 16.5. The van der Waals surface area contributed by atoms with Crippen molar-refractivity contribution >= 4 is 17.7 Å². The molecule has 8 nitrogen and oxygen atoms in total. The van der Waals surface area contributed by atoms with Gasteiger partial charge in [0, 0.05) is 11.9 Å². The van der Waals surface area contributed by atoms with Gasteiger partial charge < -0.3 is 10.1 Å². The van der Waals surface area contributed by atoms with E-state index in [4.69, 9.17) is 0 Å². The quantitative estimate of drug-likeness (QED) is 0.817. The zero-order chi connectivity index (χ0) is 15.6. The number of aromatic nitrogens is 4. The molecule has 0 fully saturated rings. The monoisotopic (exact) mass is 291 g/mol. The van der Waals surface area contributed by atoms with Crippen LogP contribution in [-0.4, -0.2) is 44.6 Å². The Bertz CT molecular complexity index is 679. The third-order valence-electron chi connectivity index (χ3n) is 3.04. The normalized spacial score (nSPS) is 12.4. The number of nitrogens with zero attached hydrogens (tertiary/aromatic N) is 4. The van der Waals surface area contributed by atoms with Crippen LogP contribution in [0, 0.1) is 12.8 Å². The van der Waals surface area contributed by atoms with Crippen LogP contribution in [-0.2, 0) is 9.53 Å². The van der Waals surface area contributed by atoms with E-state index < -0.39 is 17.9 Å². The Hall–Kier alpha value is -2.51. The fraction of sp³-hybridized carbons (Fsp3) is 0.462.